The van der Waals surface area contributed by atoms with Crippen molar-refractivity contribution >= 4 is 45.4 Å². The molecular formula is C23H23Cl2N3O2S. The van der Waals surface area contributed by atoms with Gasteiger partial charge >= 0.3 is 0 Å². The molecule has 4 rings (SSSR count). The Labute approximate surface area is 195 Å². The third-order valence-corrected chi connectivity index (χ3v) is 7.00. The number of carbonyl (C=O) groups is 1. The number of fused-ring (bicyclic) bond motifs is 1. The number of carbonyl (C=O) groups excluding carboxylic acids is 1. The maximum Gasteiger partial charge on any atom is 0.229 e. The van der Waals surface area contributed by atoms with Gasteiger partial charge in [-0.2, -0.15) is 0 Å². The highest BCUT2D eigenvalue weighted by atomic mass is 35.5. The fraction of sp³-hybridized carbons (Fsp3) is 0.304. The summed E-state index contributed by atoms with van der Waals surface area (Å²) in [5.74, 6) is 1.02. The molecule has 0 aliphatic carbocycles. The number of halogens is 2. The van der Waals surface area contributed by atoms with Gasteiger partial charge in [0.25, 0.3) is 0 Å². The van der Waals surface area contributed by atoms with E-state index in [0.29, 0.717) is 24.5 Å². The van der Waals surface area contributed by atoms with E-state index in [9.17, 15) is 4.79 Å². The van der Waals surface area contributed by atoms with Crippen molar-refractivity contribution in [2.45, 2.75) is 26.8 Å². The fourth-order valence-electron chi connectivity index (χ4n) is 3.35. The summed E-state index contributed by atoms with van der Waals surface area (Å²) >= 11 is 13.7. The molecule has 0 aliphatic heterocycles. The zero-order valence-corrected chi connectivity index (χ0v) is 19.7. The number of alkyl halides is 1. The number of benzene rings is 1. The van der Waals surface area contributed by atoms with Crippen molar-refractivity contribution in [2.24, 2.45) is 5.41 Å². The van der Waals surface area contributed by atoms with Crippen LogP contribution >= 0.6 is 34.5 Å². The molecule has 0 radical (unpaired) electrons. The van der Waals surface area contributed by atoms with Crippen molar-refractivity contribution in [3.8, 4) is 11.3 Å². The molecule has 0 saturated heterocycles. The van der Waals surface area contributed by atoms with E-state index in [0.717, 1.165) is 27.7 Å². The molecule has 0 N–H and O–H groups in total. The van der Waals surface area contributed by atoms with Crippen LogP contribution in [0.4, 0.5) is 0 Å². The number of hydrogen-bond donors (Lipinski definition) is 0. The summed E-state index contributed by atoms with van der Waals surface area (Å²) in [6.07, 6.45) is 4.35. The standard InChI is InChI=1S/C23H23Cl2N3O2S/c1-23(2,15-24)21(29)27(12-19-4-3-11-30-19)10-9-18-14-31-22-26-20(13-28(18)22)16-5-7-17(25)8-6-16/h3-8,11,13-14H,9-10,12,15H2,1-2H3. The molecule has 3 heterocycles. The number of hydrogen-bond acceptors (Lipinski definition) is 4. The van der Waals surface area contributed by atoms with Gasteiger partial charge in [0.15, 0.2) is 4.96 Å². The zero-order chi connectivity index (χ0) is 22.0. The van der Waals surface area contributed by atoms with Gasteiger partial charge < -0.3 is 9.32 Å². The first-order valence-corrected chi connectivity index (χ1v) is 11.8. The Kier molecular flexibility index (Phi) is 6.42. The second kappa shape index (κ2) is 9.07. The SMILES string of the molecule is CC(C)(CCl)C(=O)N(CCc1csc2nc(-c3ccc(Cl)cc3)cn12)Cc1ccco1. The number of imidazole rings is 1. The molecule has 0 atom stereocenters. The van der Waals surface area contributed by atoms with Crippen molar-refractivity contribution in [1.82, 2.24) is 14.3 Å². The summed E-state index contributed by atoms with van der Waals surface area (Å²) < 4.78 is 7.57. The molecule has 1 amide bonds. The lowest BCUT2D eigenvalue weighted by Crippen LogP contribution is -2.42. The van der Waals surface area contributed by atoms with E-state index in [4.69, 9.17) is 32.6 Å². The zero-order valence-electron chi connectivity index (χ0n) is 17.3. The van der Waals surface area contributed by atoms with Crippen LogP contribution in [0.2, 0.25) is 5.02 Å². The Morgan fingerprint density at radius 3 is 2.71 bits per heavy atom. The maximum atomic E-state index is 13.1. The second-order valence-electron chi connectivity index (χ2n) is 8.09. The lowest BCUT2D eigenvalue weighted by Gasteiger charge is -2.30. The van der Waals surface area contributed by atoms with E-state index in [1.807, 2.05) is 61.3 Å². The molecule has 5 nitrogen and oxygen atoms in total. The maximum absolute atomic E-state index is 13.1. The normalized spacial score (nSPS) is 11.9. The van der Waals surface area contributed by atoms with Crippen LogP contribution in [0.3, 0.4) is 0 Å². The lowest BCUT2D eigenvalue weighted by atomic mass is 9.94. The van der Waals surface area contributed by atoms with E-state index in [1.165, 1.54) is 0 Å². The predicted molar refractivity (Wildman–Crippen MR) is 126 cm³/mol. The summed E-state index contributed by atoms with van der Waals surface area (Å²) in [4.78, 5) is 20.6. The first-order valence-electron chi connectivity index (χ1n) is 9.96. The monoisotopic (exact) mass is 475 g/mol. The Morgan fingerprint density at radius 1 is 1.26 bits per heavy atom. The molecule has 1 aromatic carbocycles. The van der Waals surface area contributed by atoms with E-state index in [-0.39, 0.29) is 11.8 Å². The summed E-state index contributed by atoms with van der Waals surface area (Å²) in [7, 11) is 0. The second-order valence-corrected chi connectivity index (χ2v) is 9.63. The Morgan fingerprint density at radius 2 is 2.03 bits per heavy atom. The van der Waals surface area contributed by atoms with Gasteiger partial charge in [0.05, 0.1) is 23.9 Å². The van der Waals surface area contributed by atoms with Crippen LogP contribution in [0.1, 0.15) is 25.3 Å². The van der Waals surface area contributed by atoms with Crippen LogP contribution in [-0.2, 0) is 17.8 Å². The summed E-state index contributed by atoms with van der Waals surface area (Å²) in [5.41, 5.74) is 2.38. The fourth-order valence-corrected chi connectivity index (χ4v) is 4.49. The van der Waals surface area contributed by atoms with Gasteiger partial charge in [-0.05, 0) is 38.1 Å². The Balaban J connectivity index is 1.55. The van der Waals surface area contributed by atoms with Crippen LogP contribution in [-0.4, -0.2) is 32.6 Å². The number of thiazole rings is 1. The smallest absolute Gasteiger partial charge is 0.229 e. The van der Waals surface area contributed by atoms with Crippen molar-refractivity contribution in [1.29, 1.82) is 0 Å². The molecule has 0 bridgehead atoms. The number of amides is 1. The molecule has 3 aromatic heterocycles. The van der Waals surface area contributed by atoms with Gasteiger partial charge in [-0.15, -0.1) is 22.9 Å². The van der Waals surface area contributed by atoms with Gasteiger partial charge in [-0.3, -0.25) is 9.20 Å². The van der Waals surface area contributed by atoms with E-state index in [1.54, 1.807) is 17.6 Å². The summed E-state index contributed by atoms with van der Waals surface area (Å²) in [6, 6.07) is 11.4. The minimum Gasteiger partial charge on any atom is -0.467 e. The average molecular weight is 476 g/mol. The lowest BCUT2D eigenvalue weighted by molar-refractivity contribution is -0.140. The first-order chi connectivity index (χ1) is 14.9. The van der Waals surface area contributed by atoms with Crippen molar-refractivity contribution in [2.75, 3.05) is 12.4 Å². The van der Waals surface area contributed by atoms with Gasteiger partial charge in [0.1, 0.15) is 5.76 Å². The molecule has 8 heteroatoms. The van der Waals surface area contributed by atoms with Crippen LogP contribution in [0.25, 0.3) is 16.2 Å². The highest BCUT2D eigenvalue weighted by Gasteiger charge is 2.31. The molecule has 0 saturated carbocycles. The molecule has 31 heavy (non-hydrogen) atoms. The van der Waals surface area contributed by atoms with Crippen LogP contribution < -0.4 is 0 Å². The summed E-state index contributed by atoms with van der Waals surface area (Å²) in [5, 5.41) is 2.79. The Hall–Kier alpha value is -2.28. The van der Waals surface area contributed by atoms with Crippen molar-refractivity contribution < 1.29 is 9.21 Å². The molecule has 0 fully saturated rings. The van der Waals surface area contributed by atoms with Gasteiger partial charge in [-0.25, -0.2) is 4.98 Å². The number of nitrogens with zero attached hydrogens (tertiary/aromatic N) is 3. The van der Waals surface area contributed by atoms with Gasteiger partial charge in [0.2, 0.25) is 5.91 Å². The van der Waals surface area contributed by atoms with Crippen LogP contribution in [0.5, 0.6) is 0 Å². The summed E-state index contributed by atoms with van der Waals surface area (Å²) in [6.45, 7) is 4.71. The topological polar surface area (TPSA) is 50.8 Å². The van der Waals surface area contributed by atoms with Crippen LogP contribution in [0, 0.1) is 5.41 Å². The highest BCUT2D eigenvalue weighted by Crippen LogP contribution is 2.26. The highest BCUT2D eigenvalue weighted by molar-refractivity contribution is 7.15. The molecule has 0 spiro atoms. The van der Waals surface area contributed by atoms with Crippen molar-refractivity contribution in [3.63, 3.8) is 0 Å². The number of aromatic nitrogens is 2. The third kappa shape index (κ3) is 4.81. The predicted octanol–water partition coefficient (Wildman–Crippen LogP) is 6.15. The number of furan rings is 1. The van der Waals surface area contributed by atoms with E-state index in [2.05, 4.69) is 9.78 Å². The molecule has 162 valence electrons. The minimum absolute atomic E-state index is 0.0119. The van der Waals surface area contributed by atoms with E-state index < -0.39 is 5.41 Å². The molecule has 0 aliphatic rings. The average Bonchev–Trinajstić information content (AvgIpc) is 3.49. The van der Waals surface area contributed by atoms with Crippen LogP contribution in [0.15, 0.2) is 58.7 Å². The molecule has 0 unspecified atom stereocenters. The quantitative estimate of drug-likeness (QED) is 0.287. The minimum atomic E-state index is -0.644. The largest absolute Gasteiger partial charge is 0.467 e. The van der Waals surface area contributed by atoms with E-state index >= 15 is 0 Å². The van der Waals surface area contributed by atoms with Gasteiger partial charge in [0, 0.05) is 46.7 Å². The molecule has 4 aromatic rings. The Bertz CT molecular complexity index is 1160. The number of rotatable bonds is 8. The first kappa shape index (κ1) is 21.9. The third-order valence-electron chi connectivity index (χ3n) is 5.19. The molecular weight excluding hydrogens is 453 g/mol. The van der Waals surface area contributed by atoms with Crippen molar-refractivity contribution in [3.05, 3.63) is 70.7 Å². The van der Waals surface area contributed by atoms with Gasteiger partial charge in [-0.1, -0.05) is 23.7 Å².